The molecular formula is C26H30N2O8Zn. The number of aliphatic carboxylic acids is 4. The average molecular weight is 564 g/mol. The van der Waals surface area contributed by atoms with Gasteiger partial charge in [0, 0.05) is 47.9 Å². The molecule has 0 atom stereocenters. The molecule has 3 rings (SSSR count). The van der Waals surface area contributed by atoms with Crippen LogP contribution in [0.5, 0.6) is 0 Å². The SMILES string of the molecule is O=C([O-])CCCCCC(=O)O.O=C([O-])CCCCCC(=O)O.[Zn+2].c1cnc2c(c1)ccc1cccnc12. The van der Waals surface area contributed by atoms with Crippen LogP contribution < -0.4 is 10.2 Å². The zero-order valence-electron chi connectivity index (χ0n) is 20.6. The fraction of sp³-hybridized carbons (Fsp3) is 0.385. The van der Waals surface area contributed by atoms with Crippen LogP contribution in [0.3, 0.4) is 0 Å². The second kappa shape index (κ2) is 19.7. The van der Waals surface area contributed by atoms with Gasteiger partial charge < -0.3 is 30.0 Å². The van der Waals surface area contributed by atoms with E-state index in [1.807, 2.05) is 12.1 Å². The summed E-state index contributed by atoms with van der Waals surface area (Å²) in [6.07, 6.45) is 7.28. The zero-order chi connectivity index (χ0) is 26.8. The number of carboxylic acids is 4. The van der Waals surface area contributed by atoms with E-state index in [0.29, 0.717) is 38.5 Å². The molecule has 1 aromatic carbocycles. The van der Waals surface area contributed by atoms with Crippen molar-refractivity contribution in [3.63, 3.8) is 0 Å². The first-order valence-corrected chi connectivity index (χ1v) is 11.6. The minimum Gasteiger partial charge on any atom is -0.550 e. The molecule has 2 aromatic heterocycles. The van der Waals surface area contributed by atoms with Crippen LogP contribution in [-0.4, -0.2) is 44.1 Å². The third-order valence-corrected chi connectivity index (χ3v) is 4.89. The summed E-state index contributed by atoms with van der Waals surface area (Å²) in [5.41, 5.74) is 1.95. The van der Waals surface area contributed by atoms with E-state index in [-0.39, 0.29) is 45.2 Å². The van der Waals surface area contributed by atoms with E-state index < -0.39 is 23.9 Å². The van der Waals surface area contributed by atoms with Crippen LogP contribution in [0.2, 0.25) is 0 Å². The van der Waals surface area contributed by atoms with Gasteiger partial charge in [-0.15, -0.1) is 0 Å². The number of carbonyl (C=O) groups is 4. The fourth-order valence-corrected chi connectivity index (χ4v) is 3.12. The number of hydrogen-bond donors (Lipinski definition) is 2. The van der Waals surface area contributed by atoms with Crippen molar-refractivity contribution in [2.45, 2.75) is 64.2 Å². The van der Waals surface area contributed by atoms with Gasteiger partial charge in [-0.2, -0.15) is 0 Å². The maximum absolute atomic E-state index is 9.97. The zero-order valence-corrected chi connectivity index (χ0v) is 23.6. The molecule has 194 valence electrons. The van der Waals surface area contributed by atoms with Gasteiger partial charge in [-0.1, -0.05) is 37.1 Å². The van der Waals surface area contributed by atoms with Crippen molar-refractivity contribution in [1.82, 2.24) is 9.97 Å². The largest absolute Gasteiger partial charge is 2.00 e. The topological polar surface area (TPSA) is 181 Å². The number of hydrogen-bond acceptors (Lipinski definition) is 8. The van der Waals surface area contributed by atoms with Crippen molar-refractivity contribution in [3.8, 4) is 0 Å². The number of rotatable bonds is 12. The van der Waals surface area contributed by atoms with Crippen LogP contribution in [-0.2, 0) is 38.7 Å². The van der Waals surface area contributed by atoms with Crippen molar-refractivity contribution in [1.29, 1.82) is 0 Å². The summed E-state index contributed by atoms with van der Waals surface area (Å²) < 4.78 is 0. The number of benzene rings is 1. The van der Waals surface area contributed by atoms with Gasteiger partial charge in [0.25, 0.3) is 0 Å². The number of fused-ring (bicyclic) bond motifs is 3. The molecule has 0 unspecified atom stereocenters. The molecule has 0 amide bonds. The molecule has 0 fully saturated rings. The third kappa shape index (κ3) is 16.0. The molecule has 2 N–H and O–H groups in total. The molecule has 11 heteroatoms. The van der Waals surface area contributed by atoms with Gasteiger partial charge in [0.2, 0.25) is 0 Å². The van der Waals surface area contributed by atoms with Crippen molar-refractivity contribution in [2.24, 2.45) is 0 Å². The molecule has 0 aliphatic heterocycles. The molecule has 0 bridgehead atoms. The van der Waals surface area contributed by atoms with Crippen LogP contribution in [0.15, 0.2) is 48.8 Å². The molecular weight excluding hydrogens is 534 g/mol. The number of aromatic nitrogens is 2. The predicted octanol–water partition coefficient (Wildman–Crippen LogP) is 2.32. The van der Waals surface area contributed by atoms with Crippen LogP contribution in [0.25, 0.3) is 21.8 Å². The predicted molar refractivity (Wildman–Crippen MR) is 128 cm³/mol. The maximum atomic E-state index is 9.97. The monoisotopic (exact) mass is 562 g/mol. The number of pyridine rings is 2. The second-order valence-corrected chi connectivity index (χ2v) is 7.87. The van der Waals surface area contributed by atoms with E-state index in [1.165, 1.54) is 0 Å². The second-order valence-electron chi connectivity index (χ2n) is 7.87. The number of carboxylic acid groups (broad SMARTS) is 4. The van der Waals surface area contributed by atoms with E-state index in [0.717, 1.165) is 21.8 Å². The Hall–Kier alpha value is -3.46. The first-order chi connectivity index (χ1) is 17.2. The smallest absolute Gasteiger partial charge is 0.550 e. The molecule has 10 nitrogen and oxygen atoms in total. The average Bonchev–Trinajstić information content (AvgIpc) is 2.83. The van der Waals surface area contributed by atoms with Gasteiger partial charge in [0.1, 0.15) is 0 Å². The Morgan fingerprint density at radius 2 is 0.946 bits per heavy atom. The molecule has 0 aliphatic carbocycles. The van der Waals surface area contributed by atoms with Gasteiger partial charge in [-0.3, -0.25) is 19.6 Å². The number of unbranched alkanes of at least 4 members (excludes halogenated alkanes) is 4. The standard InChI is InChI=1S/C12H8N2.2C7H12O4.Zn/c1-3-9-5-6-10-4-2-8-14-12(10)11(9)13-7-1;2*8-6(9)4-2-1-3-5-7(10)11;/h1-8H;2*1-5H2,(H,8,9)(H,10,11);/q;;;+2/p-2. The van der Waals surface area contributed by atoms with E-state index in [4.69, 9.17) is 10.2 Å². The third-order valence-electron chi connectivity index (χ3n) is 4.89. The van der Waals surface area contributed by atoms with E-state index in [2.05, 4.69) is 34.2 Å². The maximum Gasteiger partial charge on any atom is 2.00 e. The summed E-state index contributed by atoms with van der Waals surface area (Å²) in [4.78, 5) is 48.4. The first kappa shape index (κ1) is 33.5. The summed E-state index contributed by atoms with van der Waals surface area (Å²) >= 11 is 0. The van der Waals surface area contributed by atoms with Crippen LogP contribution in [0, 0.1) is 0 Å². The number of carbonyl (C=O) groups excluding carboxylic acids is 2. The van der Waals surface area contributed by atoms with Crippen molar-refractivity contribution in [2.75, 3.05) is 0 Å². The van der Waals surface area contributed by atoms with Crippen LogP contribution >= 0.6 is 0 Å². The molecule has 0 aliphatic rings. The van der Waals surface area contributed by atoms with Crippen molar-refractivity contribution >= 4 is 45.7 Å². The molecule has 3 aromatic rings. The Balaban J connectivity index is 0.000000527. The fourth-order valence-electron chi connectivity index (χ4n) is 3.12. The van der Waals surface area contributed by atoms with Gasteiger partial charge in [0.05, 0.1) is 11.0 Å². The van der Waals surface area contributed by atoms with Crippen molar-refractivity contribution < 1.29 is 59.1 Å². The van der Waals surface area contributed by atoms with Crippen molar-refractivity contribution in [3.05, 3.63) is 48.8 Å². The molecule has 0 saturated carbocycles. The Bertz CT molecular complexity index is 1020. The van der Waals surface area contributed by atoms with E-state index >= 15 is 0 Å². The minimum absolute atomic E-state index is 0. The molecule has 0 radical (unpaired) electrons. The Labute approximate surface area is 227 Å². The molecule has 0 saturated heterocycles. The van der Waals surface area contributed by atoms with Gasteiger partial charge in [0.15, 0.2) is 0 Å². The quantitative estimate of drug-likeness (QED) is 0.188. The van der Waals surface area contributed by atoms with Crippen LogP contribution in [0.4, 0.5) is 0 Å². The van der Waals surface area contributed by atoms with Gasteiger partial charge in [-0.25, -0.2) is 0 Å². The number of nitrogens with zero attached hydrogens (tertiary/aromatic N) is 2. The van der Waals surface area contributed by atoms with E-state index in [9.17, 15) is 29.4 Å². The summed E-state index contributed by atoms with van der Waals surface area (Å²) in [5, 5.41) is 38.4. The van der Waals surface area contributed by atoms with Gasteiger partial charge in [-0.05, 0) is 50.7 Å². The normalized spacial score (nSPS) is 9.73. The minimum atomic E-state index is -1.07. The Morgan fingerprint density at radius 1 is 0.595 bits per heavy atom. The molecule has 2 heterocycles. The molecule has 37 heavy (non-hydrogen) atoms. The van der Waals surface area contributed by atoms with Crippen LogP contribution in [0.1, 0.15) is 64.2 Å². The summed E-state index contributed by atoms with van der Waals surface area (Å²) in [5.74, 6) is -3.81. The van der Waals surface area contributed by atoms with Gasteiger partial charge >= 0.3 is 31.4 Å². The summed E-state index contributed by atoms with van der Waals surface area (Å²) in [6, 6.07) is 12.1. The first-order valence-electron chi connectivity index (χ1n) is 11.6. The summed E-state index contributed by atoms with van der Waals surface area (Å²) in [7, 11) is 0. The molecule has 0 spiro atoms. The summed E-state index contributed by atoms with van der Waals surface area (Å²) in [6.45, 7) is 0. The Kier molecular flexibility index (Phi) is 17.9. The van der Waals surface area contributed by atoms with E-state index in [1.54, 1.807) is 12.4 Å². The Morgan fingerprint density at radius 3 is 1.27 bits per heavy atom.